The van der Waals surface area contributed by atoms with E-state index in [1.165, 1.54) is 18.9 Å². The van der Waals surface area contributed by atoms with Gasteiger partial charge in [0.2, 0.25) is 0 Å². The molecule has 5 heteroatoms. The summed E-state index contributed by atoms with van der Waals surface area (Å²) in [6.45, 7) is 0. The van der Waals surface area contributed by atoms with E-state index >= 15 is 0 Å². The van der Waals surface area contributed by atoms with Gasteiger partial charge in [0, 0.05) is 7.11 Å². The van der Waals surface area contributed by atoms with Crippen LogP contribution in [0.4, 0.5) is 4.39 Å². The van der Waals surface area contributed by atoms with E-state index < -0.39 is 0 Å². The molecule has 3 N–H and O–H groups in total. The highest BCUT2D eigenvalue weighted by atomic mass is 79.9. The summed E-state index contributed by atoms with van der Waals surface area (Å²) < 4.78 is 20.1. The second kappa shape index (κ2) is 7.68. The molecule has 1 aliphatic carbocycles. The lowest BCUT2D eigenvalue weighted by atomic mass is 9.83. The summed E-state index contributed by atoms with van der Waals surface area (Å²) in [6.07, 6.45) is 7.41. The number of nitrogens with one attached hydrogen (secondary N) is 1. The molecular formula is C16H24BrFN2O. The van der Waals surface area contributed by atoms with Gasteiger partial charge in [-0.1, -0.05) is 37.8 Å². The summed E-state index contributed by atoms with van der Waals surface area (Å²) >= 11 is 3.33. The summed E-state index contributed by atoms with van der Waals surface area (Å²) in [7, 11) is 1.76. The topological polar surface area (TPSA) is 47.3 Å². The maximum Gasteiger partial charge on any atom is 0.137 e. The highest BCUT2D eigenvalue weighted by Gasteiger charge is 2.39. The number of benzene rings is 1. The highest BCUT2D eigenvalue weighted by Crippen LogP contribution is 2.35. The minimum atomic E-state index is -0.267. The monoisotopic (exact) mass is 358 g/mol. The summed E-state index contributed by atoms with van der Waals surface area (Å²) in [6, 6.07) is 5.09. The summed E-state index contributed by atoms with van der Waals surface area (Å²) in [4.78, 5) is 0. The molecular weight excluding hydrogens is 335 g/mol. The summed E-state index contributed by atoms with van der Waals surface area (Å²) in [5, 5.41) is 0. The fraction of sp³-hybridized carbons (Fsp3) is 0.625. The van der Waals surface area contributed by atoms with E-state index in [2.05, 4.69) is 21.4 Å². The Bertz CT molecular complexity index is 462. The first kappa shape index (κ1) is 16.9. The Morgan fingerprint density at radius 2 is 2.00 bits per heavy atom. The molecule has 0 heterocycles. The van der Waals surface area contributed by atoms with Gasteiger partial charge >= 0.3 is 0 Å². The molecule has 1 aromatic rings. The molecule has 1 fully saturated rings. The van der Waals surface area contributed by atoms with E-state index in [-0.39, 0.29) is 17.5 Å². The first-order valence-corrected chi connectivity index (χ1v) is 8.36. The molecule has 1 saturated carbocycles. The molecule has 118 valence electrons. The van der Waals surface area contributed by atoms with Gasteiger partial charge in [-0.3, -0.25) is 11.3 Å². The van der Waals surface area contributed by atoms with Crippen molar-refractivity contribution in [2.75, 3.05) is 7.11 Å². The lowest BCUT2D eigenvalue weighted by Gasteiger charge is -2.39. The maximum atomic E-state index is 13.7. The van der Waals surface area contributed by atoms with Crippen molar-refractivity contribution in [2.45, 2.75) is 56.6 Å². The van der Waals surface area contributed by atoms with Gasteiger partial charge in [0.05, 0.1) is 16.1 Å². The Hall–Kier alpha value is -0.490. The van der Waals surface area contributed by atoms with Crippen molar-refractivity contribution in [2.24, 2.45) is 5.84 Å². The molecule has 21 heavy (non-hydrogen) atoms. The average Bonchev–Trinajstić information content (AvgIpc) is 2.75. The zero-order valence-corrected chi connectivity index (χ0v) is 14.1. The van der Waals surface area contributed by atoms with E-state index in [0.717, 1.165) is 31.2 Å². The van der Waals surface area contributed by atoms with Crippen molar-refractivity contribution in [3.05, 3.63) is 34.1 Å². The van der Waals surface area contributed by atoms with Crippen molar-refractivity contribution in [3.8, 4) is 0 Å². The van der Waals surface area contributed by atoms with Gasteiger partial charge in [-0.05, 0) is 46.8 Å². The number of rotatable bonds is 5. The van der Waals surface area contributed by atoms with Crippen LogP contribution in [0.3, 0.4) is 0 Å². The van der Waals surface area contributed by atoms with E-state index in [9.17, 15) is 4.39 Å². The Morgan fingerprint density at radius 1 is 1.33 bits per heavy atom. The van der Waals surface area contributed by atoms with Crippen LogP contribution in [0.5, 0.6) is 0 Å². The Kier molecular flexibility index (Phi) is 6.17. The Labute approximate surface area is 134 Å². The van der Waals surface area contributed by atoms with Crippen LogP contribution >= 0.6 is 15.9 Å². The van der Waals surface area contributed by atoms with Crippen molar-refractivity contribution in [3.63, 3.8) is 0 Å². The quantitative estimate of drug-likeness (QED) is 0.479. The Morgan fingerprint density at radius 3 is 2.57 bits per heavy atom. The molecule has 0 spiro atoms. The second-order valence-corrected chi connectivity index (χ2v) is 6.61. The third-order valence-corrected chi connectivity index (χ3v) is 5.54. The van der Waals surface area contributed by atoms with Crippen molar-refractivity contribution >= 4 is 15.9 Å². The molecule has 0 aliphatic heterocycles. The molecule has 1 unspecified atom stereocenters. The number of hydrogen-bond acceptors (Lipinski definition) is 3. The molecule has 0 amide bonds. The van der Waals surface area contributed by atoms with Crippen LogP contribution < -0.4 is 11.3 Å². The lowest BCUT2D eigenvalue weighted by molar-refractivity contribution is -0.0527. The maximum absolute atomic E-state index is 13.7. The normalized spacial score (nSPS) is 20.0. The molecule has 0 radical (unpaired) electrons. The van der Waals surface area contributed by atoms with Crippen LogP contribution in [0, 0.1) is 5.82 Å². The van der Waals surface area contributed by atoms with Crippen molar-refractivity contribution in [1.29, 1.82) is 0 Å². The number of methoxy groups -OCH3 is 1. The molecule has 1 aromatic carbocycles. The lowest BCUT2D eigenvalue weighted by Crippen LogP contribution is -2.55. The number of hydrogen-bond donors (Lipinski definition) is 2. The van der Waals surface area contributed by atoms with Gasteiger partial charge in [-0.2, -0.15) is 0 Å². The summed E-state index contributed by atoms with van der Waals surface area (Å²) in [5.74, 6) is 5.57. The molecule has 0 saturated heterocycles. The number of halogens is 2. The molecule has 0 bridgehead atoms. The van der Waals surface area contributed by atoms with E-state index in [1.807, 2.05) is 6.07 Å². The molecule has 3 nitrogen and oxygen atoms in total. The third-order valence-electron chi connectivity index (χ3n) is 4.65. The Balaban J connectivity index is 2.22. The fourth-order valence-electron chi connectivity index (χ4n) is 3.34. The highest BCUT2D eigenvalue weighted by molar-refractivity contribution is 9.10. The van der Waals surface area contributed by atoms with Crippen LogP contribution in [0.2, 0.25) is 0 Å². The second-order valence-electron chi connectivity index (χ2n) is 5.82. The average molecular weight is 359 g/mol. The van der Waals surface area contributed by atoms with Crippen LogP contribution in [0.1, 0.15) is 44.1 Å². The fourth-order valence-corrected chi connectivity index (χ4v) is 3.77. The van der Waals surface area contributed by atoms with E-state index in [4.69, 9.17) is 10.6 Å². The van der Waals surface area contributed by atoms with Crippen molar-refractivity contribution < 1.29 is 9.13 Å². The molecule has 1 aliphatic rings. The van der Waals surface area contributed by atoms with Gasteiger partial charge < -0.3 is 4.74 Å². The first-order valence-electron chi connectivity index (χ1n) is 7.57. The summed E-state index contributed by atoms with van der Waals surface area (Å²) in [5.41, 5.74) is 3.57. The molecule has 2 rings (SSSR count). The molecule has 1 atom stereocenters. The van der Waals surface area contributed by atoms with Gasteiger partial charge in [0.15, 0.2) is 0 Å². The van der Waals surface area contributed by atoms with Gasteiger partial charge in [0.1, 0.15) is 5.82 Å². The largest absolute Gasteiger partial charge is 0.377 e. The predicted molar refractivity (Wildman–Crippen MR) is 86.4 cm³/mol. The van der Waals surface area contributed by atoms with Gasteiger partial charge in [0.25, 0.3) is 0 Å². The van der Waals surface area contributed by atoms with Crippen LogP contribution in [-0.2, 0) is 11.2 Å². The minimum absolute atomic E-state index is 0.0290. The zero-order valence-electron chi connectivity index (χ0n) is 12.5. The van der Waals surface area contributed by atoms with Crippen LogP contribution in [-0.4, -0.2) is 18.8 Å². The SMILES string of the molecule is COC1(C(Cc2cccc(F)c2Br)NN)CCCCCC1. The first-order chi connectivity index (χ1) is 10.1. The van der Waals surface area contributed by atoms with Crippen molar-refractivity contribution in [1.82, 2.24) is 5.43 Å². The third kappa shape index (κ3) is 3.83. The van der Waals surface area contributed by atoms with Gasteiger partial charge in [-0.15, -0.1) is 0 Å². The standard InChI is InChI=1S/C16H24BrFN2O/c1-21-16(9-4-2-3-5-10-16)14(20-19)11-12-7-6-8-13(18)15(12)17/h6-8,14,20H,2-5,9-11,19H2,1H3. The zero-order chi connectivity index (χ0) is 15.3. The number of ether oxygens (including phenoxy) is 1. The van der Waals surface area contributed by atoms with E-state index in [0.29, 0.717) is 10.9 Å². The smallest absolute Gasteiger partial charge is 0.137 e. The van der Waals surface area contributed by atoms with Gasteiger partial charge in [-0.25, -0.2) is 4.39 Å². The van der Waals surface area contributed by atoms with E-state index in [1.54, 1.807) is 13.2 Å². The van der Waals surface area contributed by atoms with Crippen LogP contribution in [0.15, 0.2) is 22.7 Å². The number of hydrazine groups is 1. The number of nitrogens with two attached hydrogens (primary N) is 1. The minimum Gasteiger partial charge on any atom is -0.377 e. The predicted octanol–water partition coefficient (Wildman–Crippen LogP) is 3.70. The molecule has 0 aromatic heterocycles. The van der Waals surface area contributed by atoms with Crippen LogP contribution in [0.25, 0.3) is 0 Å².